The topological polar surface area (TPSA) is 69.6 Å². The van der Waals surface area contributed by atoms with Crippen LogP contribution in [0.2, 0.25) is 0 Å². The number of hydrogen-bond acceptors (Lipinski definition) is 4. The maximum Gasteiger partial charge on any atom is 0.317 e. The van der Waals surface area contributed by atoms with E-state index in [9.17, 15) is 9.90 Å². The van der Waals surface area contributed by atoms with Crippen LogP contribution in [0.3, 0.4) is 0 Å². The smallest absolute Gasteiger partial charge is 0.317 e. The lowest BCUT2D eigenvalue weighted by Gasteiger charge is -2.21. The zero-order valence-corrected chi connectivity index (χ0v) is 8.15. The highest BCUT2D eigenvalue weighted by Crippen LogP contribution is 2.08. The first-order valence-corrected chi connectivity index (χ1v) is 5.01. The molecule has 0 saturated heterocycles. The fourth-order valence-corrected chi connectivity index (χ4v) is 1.52. The highest BCUT2D eigenvalue weighted by Gasteiger charge is 2.18. The van der Waals surface area contributed by atoms with Gasteiger partial charge in [0.05, 0.1) is 12.1 Å². The normalized spacial score (nSPS) is 15.6. The van der Waals surface area contributed by atoms with Crippen LogP contribution in [0.15, 0.2) is 0 Å². The number of carbonyl (C=O) groups is 1. The molecule has 1 atom stereocenters. The molecule has 0 aromatic rings. The molecule has 0 amide bonds. The van der Waals surface area contributed by atoms with Gasteiger partial charge >= 0.3 is 5.97 Å². The van der Waals surface area contributed by atoms with Crippen molar-refractivity contribution in [3.63, 3.8) is 0 Å². The van der Waals surface area contributed by atoms with Crippen molar-refractivity contribution in [1.82, 2.24) is 5.32 Å². The molecule has 0 spiro atoms. The van der Waals surface area contributed by atoms with E-state index >= 15 is 0 Å². The fourth-order valence-electron chi connectivity index (χ4n) is 0.801. The lowest BCUT2D eigenvalue weighted by Crippen LogP contribution is -2.41. The molecule has 0 saturated carbocycles. The Bertz CT molecular complexity index is 150. The largest absolute Gasteiger partial charge is 0.480 e. The van der Waals surface area contributed by atoms with E-state index in [1.807, 2.05) is 6.26 Å². The summed E-state index contributed by atoms with van der Waals surface area (Å²) < 4.78 is 0. The van der Waals surface area contributed by atoms with E-state index < -0.39 is 11.6 Å². The number of hydrogen-bond donors (Lipinski definition) is 3. The molecule has 0 rings (SSSR count). The minimum absolute atomic E-state index is 0.107. The van der Waals surface area contributed by atoms with Crippen molar-refractivity contribution in [2.75, 3.05) is 25.1 Å². The number of nitrogens with one attached hydrogen (secondary N) is 1. The third-order valence-corrected chi connectivity index (χ3v) is 2.15. The van der Waals surface area contributed by atoms with Gasteiger partial charge in [-0.15, -0.1) is 0 Å². The molecule has 0 aromatic heterocycles. The summed E-state index contributed by atoms with van der Waals surface area (Å²) in [4.78, 5) is 10.1. The van der Waals surface area contributed by atoms with Gasteiger partial charge in [0.2, 0.25) is 0 Å². The minimum atomic E-state index is -0.907. The van der Waals surface area contributed by atoms with Crippen molar-refractivity contribution in [3.8, 4) is 0 Å². The maximum atomic E-state index is 10.1. The summed E-state index contributed by atoms with van der Waals surface area (Å²) in [6.45, 7) is 1.88. The van der Waals surface area contributed by atoms with E-state index in [-0.39, 0.29) is 6.54 Å². The van der Waals surface area contributed by atoms with Gasteiger partial charge in [-0.1, -0.05) is 0 Å². The second-order valence-corrected chi connectivity index (χ2v) is 3.79. The average molecular weight is 193 g/mol. The first-order valence-electron chi connectivity index (χ1n) is 3.62. The van der Waals surface area contributed by atoms with Gasteiger partial charge in [0, 0.05) is 12.3 Å². The first kappa shape index (κ1) is 11.7. The molecule has 0 fully saturated rings. The van der Waals surface area contributed by atoms with Gasteiger partial charge in [-0.25, -0.2) is 0 Å². The van der Waals surface area contributed by atoms with Crippen LogP contribution in [0, 0.1) is 0 Å². The van der Waals surface area contributed by atoms with Crippen LogP contribution < -0.4 is 5.32 Å². The summed E-state index contributed by atoms with van der Waals surface area (Å²) in [7, 11) is 0. The number of carboxylic acid groups (broad SMARTS) is 1. The predicted molar refractivity (Wildman–Crippen MR) is 49.5 cm³/mol. The Morgan fingerprint density at radius 1 is 1.67 bits per heavy atom. The molecule has 72 valence electrons. The zero-order chi connectivity index (χ0) is 9.61. The monoisotopic (exact) mass is 193 g/mol. The fraction of sp³-hybridized carbons (Fsp3) is 0.857. The van der Waals surface area contributed by atoms with Crippen LogP contribution in [0.1, 0.15) is 6.92 Å². The van der Waals surface area contributed by atoms with Gasteiger partial charge in [-0.05, 0) is 13.2 Å². The van der Waals surface area contributed by atoms with Crippen LogP contribution in [-0.4, -0.2) is 46.9 Å². The highest BCUT2D eigenvalue weighted by atomic mass is 32.2. The molecule has 0 aliphatic rings. The second kappa shape index (κ2) is 5.40. The summed E-state index contributed by atoms with van der Waals surface area (Å²) in [5.74, 6) is -0.311. The Morgan fingerprint density at radius 3 is 2.67 bits per heavy atom. The van der Waals surface area contributed by atoms with E-state index in [0.717, 1.165) is 0 Å². The highest BCUT2D eigenvalue weighted by molar-refractivity contribution is 7.98. The van der Waals surface area contributed by atoms with E-state index in [2.05, 4.69) is 5.32 Å². The van der Waals surface area contributed by atoms with E-state index in [4.69, 9.17) is 5.11 Å². The number of aliphatic carboxylic acids is 1. The summed E-state index contributed by atoms with van der Waals surface area (Å²) in [5, 5.41) is 20.5. The lowest BCUT2D eigenvalue weighted by atomic mass is 10.1. The minimum Gasteiger partial charge on any atom is -0.480 e. The molecule has 0 heterocycles. The summed E-state index contributed by atoms with van der Waals surface area (Å²) in [5.41, 5.74) is -0.825. The van der Waals surface area contributed by atoms with Crippen molar-refractivity contribution < 1.29 is 15.0 Å². The van der Waals surface area contributed by atoms with Crippen molar-refractivity contribution in [1.29, 1.82) is 0 Å². The predicted octanol–water partition coefficient (Wildman–Crippen LogP) is -0.225. The van der Waals surface area contributed by atoms with E-state index in [1.165, 1.54) is 11.8 Å². The zero-order valence-electron chi connectivity index (χ0n) is 7.33. The quantitative estimate of drug-likeness (QED) is 0.544. The standard InChI is InChI=1S/C7H15NO3S/c1-7(11,5-12-2)4-8-3-6(9)10/h8,11H,3-5H2,1-2H3,(H,9,10). The summed E-state index contributed by atoms with van der Waals surface area (Å²) in [6, 6.07) is 0. The Kier molecular flexibility index (Phi) is 5.28. The Balaban J connectivity index is 3.53. The van der Waals surface area contributed by atoms with Gasteiger partial charge in [0.1, 0.15) is 0 Å². The van der Waals surface area contributed by atoms with E-state index in [1.54, 1.807) is 6.92 Å². The lowest BCUT2D eigenvalue weighted by molar-refractivity contribution is -0.136. The van der Waals surface area contributed by atoms with Gasteiger partial charge in [-0.2, -0.15) is 11.8 Å². The molecular weight excluding hydrogens is 178 g/mol. The summed E-state index contributed by atoms with van der Waals surface area (Å²) in [6.07, 6.45) is 1.89. The Labute approximate surface area is 76.4 Å². The van der Waals surface area contributed by atoms with Crippen molar-refractivity contribution in [2.24, 2.45) is 0 Å². The number of aliphatic hydroxyl groups is 1. The van der Waals surface area contributed by atoms with Crippen molar-refractivity contribution in [2.45, 2.75) is 12.5 Å². The average Bonchev–Trinajstić information content (AvgIpc) is 1.85. The first-order chi connectivity index (χ1) is 5.48. The molecule has 0 aliphatic heterocycles. The summed E-state index contributed by atoms with van der Waals surface area (Å²) >= 11 is 1.53. The Morgan fingerprint density at radius 2 is 2.25 bits per heavy atom. The van der Waals surface area contributed by atoms with Crippen LogP contribution in [-0.2, 0) is 4.79 Å². The van der Waals surface area contributed by atoms with Gasteiger partial charge in [0.25, 0.3) is 0 Å². The number of rotatable bonds is 6. The molecule has 3 N–H and O–H groups in total. The van der Waals surface area contributed by atoms with Crippen LogP contribution >= 0.6 is 11.8 Å². The second-order valence-electron chi connectivity index (χ2n) is 2.93. The molecule has 12 heavy (non-hydrogen) atoms. The molecule has 0 aliphatic carbocycles. The SMILES string of the molecule is CSCC(C)(O)CNCC(=O)O. The molecule has 4 nitrogen and oxygen atoms in total. The van der Waals surface area contributed by atoms with Gasteiger partial charge < -0.3 is 15.5 Å². The Hall–Kier alpha value is -0.260. The third-order valence-electron chi connectivity index (χ3n) is 1.24. The van der Waals surface area contributed by atoms with Gasteiger partial charge in [0.15, 0.2) is 0 Å². The van der Waals surface area contributed by atoms with Crippen LogP contribution in [0.5, 0.6) is 0 Å². The molecular formula is C7H15NO3S. The van der Waals surface area contributed by atoms with Crippen molar-refractivity contribution >= 4 is 17.7 Å². The van der Waals surface area contributed by atoms with Crippen molar-refractivity contribution in [3.05, 3.63) is 0 Å². The number of thioether (sulfide) groups is 1. The van der Waals surface area contributed by atoms with Gasteiger partial charge in [-0.3, -0.25) is 4.79 Å². The third kappa shape index (κ3) is 6.45. The van der Waals surface area contributed by atoms with Crippen LogP contribution in [0.25, 0.3) is 0 Å². The van der Waals surface area contributed by atoms with E-state index in [0.29, 0.717) is 12.3 Å². The number of carboxylic acids is 1. The molecule has 0 aromatic carbocycles. The molecule has 0 bridgehead atoms. The maximum absolute atomic E-state index is 10.1. The molecule has 0 radical (unpaired) electrons. The molecule has 5 heteroatoms. The molecule has 1 unspecified atom stereocenters. The van der Waals surface area contributed by atoms with Crippen LogP contribution in [0.4, 0.5) is 0 Å².